The number of benzene rings is 1. The lowest BCUT2D eigenvalue weighted by Crippen LogP contribution is -2.59. The Morgan fingerprint density at radius 2 is 1.96 bits per heavy atom. The number of carbonyl (C=O) groups excluding carboxylic acids is 1. The van der Waals surface area contributed by atoms with Gasteiger partial charge in [0, 0.05) is 34.7 Å². The molecular weight excluding hydrogens is 361 g/mol. The lowest BCUT2D eigenvalue weighted by molar-refractivity contribution is 0.0672. The average molecular weight is 380 g/mol. The molecular formula is C17H19Cl2N5O. The van der Waals surface area contributed by atoms with Gasteiger partial charge in [0.25, 0.3) is 5.91 Å². The Kier molecular flexibility index (Phi) is 4.43. The van der Waals surface area contributed by atoms with Gasteiger partial charge in [0.1, 0.15) is 0 Å². The largest absolute Gasteiger partial charge is 0.345 e. The number of hydrogen-bond acceptors (Lipinski definition) is 4. The summed E-state index contributed by atoms with van der Waals surface area (Å²) in [7, 11) is 0. The summed E-state index contributed by atoms with van der Waals surface area (Å²) in [6.07, 6.45) is 3.96. The molecule has 2 aromatic rings. The van der Waals surface area contributed by atoms with Gasteiger partial charge in [0.2, 0.25) is 0 Å². The highest BCUT2D eigenvalue weighted by Crippen LogP contribution is 2.35. The third kappa shape index (κ3) is 3.38. The molecule has 1 N–H and O–H groups in total. The van der Waals surface area contributed by atoms with E-state index in [9.17, 15) is 4.79 Å². The molecule has 2 aliphatic rings. The van der Waals surface area contributed by atoms with E-state index in [0.717, 1.165) is 31.5 Å². The number of nitrogens with zero attached hydrogens (tertiary/aromatic N) is 4. The van der Waals surface area contributed by atoms with Gasteiger partial charge in [-0.25, -0.2) is 4.68 Å². The molecule has 1 unspecified atom stereocenters. The van der Waals surface area contributed by atoms with Crippen LogP contribution in [-0.2, 0) is 0 Å². The number of hydrogen-bond donors (Lipinski definition) is 1. The first kappa shape index (κ1) is 16.8. The van der Waals surface area contributed by atoms with Gasteiger partial charge in [-0.2, -0.15) is 0 Å². The summed E-state index contributed by atoms with van der Waals surface area (Å²) in [5, 5.41) is 12.3. The zero-order valence-corrected chi connectivity index (χ0v) is 15.3. The van der Waals surface area contributed by atoms with Crippen molar-refractivity contribution >= 4 is 29.1 Å². The fraction of sp³-hybridized carbons (Fsp3) is 0.471. The van der Waals surface area contributed by atoms with Crippen molar-refractivity contribution in [3.05, 3.63) is 45.7 Å². The van der Waals surface area contributed by atoms with Crippen LogP contribution in [0.15, 0.2) is 24.4 Å². The van der Waals surface area contributed by atoms with E-state index in [4.69, 9.17) is 23.2 Å². The predicted octanol–water partition coefficient (Wildman–Crippen LogP) is 3.10. The summed E-state index contributed by atoms with van der Waals surface area (Å²) < 4.78 is 1.78. The van der Waals surface area contributed by atoms with E-state index >= 15 is 0 Å². The zero-order valence-electron chi connectivity index (χ0n) is 13.8. The maximum absolute atomic E-state index is 12.3. The molecule has 6 nitrogen and oxygen atoms in total. The summed E-state index contributed by atoms with van der Waals surface area (Å²) in [5.74, 6) is -0.167. The molecule has 25 heavy (non-hydrogen) atoms. The maximum atomic E-state index is 12.3. The van der Waals surface area contributed by atoms with E-state index in [1.807, 2.05) is 18.2 Å². The van der Waals surface area contributed by atoms with Gasteiger partial charge < -0.3 is 5.32 Å². The second kappa shape index (κ2) is 6.59. The highest BCUT2D eigenvalue weighted by Gasteiger charge is 2.34. The number of likely N-dealkylation sites (tertiary alicyclic amines) is 1. The first-order valence-corrected chi connectivity index (χ1v) is 9.19. The van der Waals surface area contributed by atoms with E-state index < -0.39 is 0 Å². The molecule has 2 heterocycles. The van der Waals surface area contributed by atoms with Crippen molar-refractivity contribution in [3.63, 3.8) is 0 Å². The molecule has 0 radical (unpaired) electrons. The number of aromatic nitrogens is 3. The van der Waals surface area contributed by atoms with Crippen LogP contribution >= 0.6 is 23.2 Å². The molecule has 1 saturated heterocycles. The number of halogens is 2. The first-order valence-electron chi connectivity index (χ1n) is 8.43. The van der Waals surface area contributed by atoms with Gasteiger partial charge in [-0.3, -0.25) is 9.69 Å². The minimum absolute atomic E-state index is 0.0993. The van der Waals surface area contributed by atoms with Gasteiger partial charge >= 0.3 is 0 Å². The molecule has 0 spiro atoms. The summed E-state index contributed by atoms with van der Waals surface area (Å²) in [5.41, 5.74) is 1.32. The molecule has 1 aromatic carbocycles. The highest BCUT2D eigenvalue weighted by molar-refractivity contribution is 6.36. The monoisotopic (exact) mass is 379 g/mol. The smallest absolute Gasteiger partial charge is 0.273 e. The molecule has 1 atom stereocenters. The van der Waals surface area contributed by atoms with E-state index in [0.29, 0.717) is 21.8 Å². The fourth-order valence-electron chi connectivity index (χ4n) is 3.17. The predicted molar refractivity (Wildman–Crippen MR) is 96.0 cm³/mol. The molecule has 1 aliphatic heterocycles. The minimum Gasteiger partial charge on any atom is -0.345 e. The van der Waals surface area contributed by atoms with Crippen molar-refractivity contribution in [2.75, 3.05) is 13.1 Å². The molecule has 1 aliphatic carbocycles. The van der Waals surface area contributed by atoms with Crippen molar-refractivity contribution in [2.24, 2.45) is 0 Å². The molecule has 8 heteroatoms. The number of rotatable bonds is 5. The van der Waals surface area contributed by atoms with Gasteiger partial charge in [-0.1, -0.05) is 34.5 Å². The first-order chi connectivity index (χ1) is 12.0. The van der Waals surface area contributed by atoms with Crippen LogP contribution in [0.1, 0.15) is 47.9 Å². The molecule has 132 valence electrons. The second-order valence-electron chi connectivity index (χ2n) is 6.75. The molecule has 1 amide bonds. The Morgan fingerprint density at radius 1 is 1.28 bits per heavy atom. The van der Waals surface area contributed by atoms with Gasteiger partial charge in [0.05, 0.1) is 18.3 Å². The Morgan fingerprint density at radius 3 is 2.60 bits per heavy atom. The lowest BCUT2D eigenvalue weighted by Gasteiger charge is -2.43. The van der Waals surface area contributed by atoms with Crippen LogP contribution in [0.3, 0.4) is 0 Å². The van der Waals surface area contributed by atoms with Crippen LogP contribution < -0.4 is 5.32 Å². The van der Waals surface area contributed by atoms with Crippen molar-refractivity contribution in [1.82, 2.24) is 25.2 Å². The van der Waals surface area contributed by atoms with Crippen LogP contribution in [0.4, 0.5) is 0 Å². The normalized spacial score (nSPS) is 19.5. The van der Waals surface area contributed by atoms with Crippen molar-refractivity contribution in [1.29, 1.82) is 0 Å². The SMILES string of the molecule is CC(c1c(Cl)cccc1Cl)N1CC(NC(=O)c2cn(C3CC3)nn2)C1. The number of nitrogens with one attached hydrogen (secondary N) is 1. The molecule has 1 saturated carbocycles. The Labute approximate surface area is 156 Å². The molecule has 4 rings (SSSR count). The van der Waals surface area contributed by atoms with Crippen LogP contribution in [0.25, 0.3) is 0 Å². The summed E-state index contributed by atoms with van der Waals surface area (Å²) in [6.45, 7) is 3.59. The third-order valence-corrected chi connectivity index (χ3v) is 5.53. The third-order valence-electron chi connectivity index (χ3n) is 4.87. The highest BCUT2D eigenvalue weighted by atomic mass is 35.5. The standard InChI is InChI=1S/C17H19Cl2N5O/c1-10(16-13(18)3-2-4-14(16)19)23-7-11(8-23)20-17(25)15-9-24(22-21-15)12-5-6-12/h2-4,9-12H,5-8H2,1H3,(H,20,25). The Hall–Kier alpha value is -1.63. The van der Waals surface area contributed by atoms with Crippen molar-refractivity contribution < 1.29 is 4.79 Å². The summed E-state index contributed by atoms with van der Waals surface area (Å²) in [6, 6.07) is 6.17. The minimum atomic E-state index is -0.167. The fourth-order valence-corrected chi connectivity index (χ4v) is 3.88. The molecule has 0 bridgehead atoms. The van der Waals surface area contributed by atoms with E-state index in [-0.39, 0.29) is 18.0 Å². The number of amides is 1. The molecule has 1 aromatic heterocycles. The van der Waals surface area contributed by atoms with Gasteiger partial charge in [0.15, 0.2) is 5.69 Å². The lowest BCUT2D eigenvalue weighted by atomic mass is 10.00. The maximum Gasteiger partial charge on any atom is 0.273 e. The van der Waals surface area contributed by atoms with Crippen molar-refractivity contribution in [3.8, 4) is 0 Å². The summed E-state index contributed by atoms with van der Waals surface area (Å²) >= 11 is 12.6. The quantitative estimate of drug-likeness (QED) is 0.866. The van der Waals surface area contributed by atoms with E-state index in [2.05, 4.69) is 27.5 Å². The van der Waals surface area contributed by atoms with Crippen LogP contribution in [-0.4, -0.2) is 44.9 Å². The van der Waals surface area contributed by atoms with Crippen LogP contribution in [0.5, 0.6) is 0 Å². The zero-order chi connectivity index (χ0) is 17.6. The van der Waals surface area contributed by atoms with Gasteiger partial charge in [-0.15, -0.1) is 5.10 Å². The average Bonchev–Trinajstić information content (AvgIpc) is 3.27. The Balaban J connectivity index is 1.33. The Bertz CT molecular complexity index is 778. The summed E-state index contributed by atoms with van der Waals surface area (Å²) in [4.78, 5) is 14.5. The van der Waals surface area contributed by atoms with E-state index in [1.54, 1.807) is 10.9 Å². The van der Waals surface area contributed by atoms with Gasteiger partial charge in [-0.05, 0) is 31.9 Å². The van der Waals surface area contributed by atoms with E-state index in [1.165, 1.54) is 0 Å². The molecule has 2 fully saturated rings. The number of carbonyl (C=O) groups is 1. The van der Waals surface area contributed by atoms with Crippen molar-refractivity contribution in [2.45, 2.75) is 37.9 Å². The van der Waals surface area contributed by atoms with Crippen LogP contribution in [0.2, 0.25) is 10.0 Å². The topological polar surface area (TPSA) is 63.1 Å². The van der Waals surface area contributed by atoms with Crippen LogP contribution in [0, 0.1) is 0 Å². The second-order valence-corrected chi connectivity index (χ2v) is 7.56.